The van der Waals surface area contributed by atoms with Crippen molar-refractivity contribution in [2.45, 2.75) is 12.8 Å². The quantitative estimate of drug-likeness (QED) is 0.345. The van der Waals surface area contributed by atoms with E-state index in [1.54, 1.807) is 7.11 Å². The number of hydrogen-bond acceptors (Lipinski definition) is 4. The second kappa shape index (κ2) is 11.5. The van der Waals surface area contributed by atoms with Crippen molar-refractivity contribution in [1.29, 1.82) is 0 Å². The summed E-state index contributed by atoms with van der Waals surface area (Å²) < 4.78 is 5.52. The van der Waals surface area contributed by atoms with Crippen molar-refractivity contribution in [1.82, 2.24) is 10.2 Å². The van der Waals surface area contributed by atoms with Gasteiger partial charge in [-0.2, -0.15) is 0 Å². The van der Waals surface area contributed by atoms with Gasteiger partial charge in [-0.15, -0.1) is 35.3 Å². The highest BCUT2D eigenvalue weighted by molar-refractivity contribution is 14.0. The van der Waals surface area contributed by atoms with Gasteiger partial charge in [0.05, 0.1) is 12.8 Å². The van der Waals surface area contributed by atoms with E-state index >= 15 is 0 Å². The van der Waals surface area contributed by atoms with E-state index in [-0.39, 0.29) is 24.0 Å². The van der Waals surface area contributed by atoms with E-state index in [0.717, 1.165) is 44.3 Å². The smallest absolute Gasteiger partial charge is 0.193 e. The second-order valence-electron chi connectivity index (χ2n) is 6.95. The molecule has 1 N–H and O–H groups in total. The molecule has 1 aromatic heterocycles. The maximum atomic E-state index is 5.52. The lowest BCUT2D eigenvalue weighted by Crippen LogP contribution is -2.42. The van der Waals surface area contributed by atoms with Crippen molar-refractivity contribution in [3.63, 3.8) is 0 Å². The molecule has 154 valence electrons. The molecule has 0 radical (unpaired) electrons. The first-order valence-electron chi connectivity index (χ1n) is 9.53. The first-order valence-corrected chi connectivity index (χ1v) is 10.4. The van der Waals surface area contributed by atoms with Crippen LogP contribution >= 0.6 is 35.3 Å². The molecule has 1 fully saturated rings. The van der Waals surface area contributed by atoms with E-state index < -0.39 is 0 Å². The van der Waals surface area contributed by atoms with Gasteiger partial charge in [-0.3, -0.25) is 4.99 Å². The van der Waals surface area contributed by atoms with Crippen LogP contribution in [0.25, 0.3) is 0 Å². The van der Waals surface area contributed by atoms with Crippen LogP contribution in [0, 0.1) is 5.92 Å². The van der Waals surface area contributed by atoms with Gasteiger partial charge in [-0.05, 0) is 42.3 Å². The van der Waals surface area contributed by atoms with Crippen LogP contribution in [0.4, 0.5) is 5.69 Å². The number of ether oxygens (including phenoxy) is 1. The molecule has 1 aliphatic heterocycles. The Morgan fingerprint density at radius 3 is 2.86 bits per heavy atom. The van der Waals surface area contributed by atoms with Crippen LogP contribution in [-0.4, -0.2) is 58.2 Å². The minimum absolute atomic E-state index is 0. The van der Waals surface area contributed by atoms with Crippen molar-refractivity contribution in [2.75, 3.05) is 52.3 Å². The molecule has 0 bridgehead atoms. The van der Waals surface area contributed by atoms with Crippen molar-refractivity contribution in [2.24, 2.45) is 10.9 Å². The Bertz CT molecular complexity index is 738. The summed E-state index contributed by atoms with van der Waals surface area (Å²) in [5.41, 5.74) is 1.19. The van der Waals surface area contributed by atoms with Gasteiger partial charge in [0, 0.05) is 45.2 Å². The number of guanidine groups is 1. The minimum Gasteiger partial charge on any atom is -0.495 e. The number of benzene rings is 1. The lowest BCUT2D eigenvalue weighted by molar-refractivity contribution is 0.414. The monoisotopic (exact) mass is 514 g/mol. The number of methoxy groups -OCH3 is 1. The normalized spacial score (nSPS) is 16.6. The number of aliphatic imine (C=N–C) groups is 1. The summed E-state index contributed by atoms with van der Waals surface area (Å²) in [7, 11) is 5.71. The van der Waals surface area contributed by atoms with E-state index in [1.807, 2.05) is 30.5 Å². The van der Waals surface area contributed by atoms with Crippen molar-refractivity contribution >= 4 is 47.0 Å². The summed E-state index contributed by atoms with van der Waals surface area (Å²) in [6, 6.07) is 12.6. The zero-order valence-electron chi connectivity index (χ0n) is 16.9. The van der Waals surface area contributed by atoms with Crippen LogP contribution in [0.5, 0.6) is 5.75 Å². The standard InChI is InChI=1S/C21H30N4OS.HI/c1-22-21(24(2)12-11-18-7-6-14-27-18)23-15-17-10-13-25(16-17)19-8-4-5-9-20(19)26-3;/h4-9,14,17H,10-13,15-16H2,1-3H3,(H,22,23);1H. The fourth-order valence-electron chi connectivity index (χ4n) is 3.57. The summed E-state index contributed by atoms with van der Waals surface area (Å²) >= 11 is 1.82. The number of likely N-dealkylation sites (N-methyl/N-ethyl adjacent to an activating group) is 1. The highest BCUT2D eigenvalue weighted by Crippen LogP contribution is 2.31. The molecule has 3 rings (SSSR count). The molecule has 0 spiro atoms. The third kappa shape index (κ3) is 6.01. The molecule has 0 saturated carbocycles. The molecule has 1 aliphatic rings. The summed E-state index contributed by atoms with van der Waals surface area (Å²) in [6.07, 6.45) is 2.24. The number of hydrogen-bond donors (Lipinski definition) is 1. The Balaban J connectivity index is 0.00000280. The van der Waals surface area contributed by atoms with Crippen molar-refractivity contribution in [3.05, 3.63) is 46.7 Å². The van der Waals surface area contributed by atoms with Gasteiger partial charge in [0.15, 0.2) is 5.96 Å². The number of nitrogens with zero attached hydrogens (tertiary/aromatic N) is 3. The van der Waals surface area contributed by atoms with E-state index in [9.17, 15) is 0 Å². The Hall–Kier alpha value is -1.48. The average molecular weight is 514 g/mol. The van der Waals surface area contributed by atoms with E-state index in [0.29, 0.717) is 5.92 Å². The summed E-state index contributed by atoms with van der Waals surface area (Å²) in [5.74, 6) is 2.54. The van der Waals surface area contributed by atoms with Crippen LogP contribution in [0.2, 0.25) is 0 Å². The SMILES string of the molecule is CN=C(NCC1CCN(c2ccccc2OC)C1)N(C)CCc1cccs1.I. The highest BCUT2D eigenvalue weighted by Gasteiger charge is 2.24. The second-order valence-corrected chi connectivity index (χ2v) is 7.98. The number of nitrogens with one attached hydrogen (secondary N) is 1. The van der Waals surface area contributed by atoms with Crippen molar-refractivity contribution < 1.29 is 4.74 Å². The first-order chi connectivity index (χ1) is 13.2. The summed E-state index contributed by atoms with van der Waals surface area (Å²) in [6.45, 7) is 4.03. The molecule has 1 aromatic carbocycles. The largest absolute Gasteiger partial charge is 0.495 e. The lowest BCUT2D eigenvalue weighted by Gasteiger charge is -2.24. The number of rotatable bonds is 7. The molecule has 7 heteroatoms. The first kappa shape index (κ1) is 22.8. The number of thiophene rings is 1. The maximum absolute atomic E-state index is 5.52. The Morgan fingerprint density at radius 2 is 2.14 bits per heavy atom. The molecule has 5 nitrogen and oxygen atoms in total. The number of para-hydroxylation sites is 2. The van der Waals surface area contributed by atoms with Crippen LogP contribution in [-0.2, 0) is 6.42 Å². The molecule has 1 saturated heterocycles. The molecule has 2 heterocycles. The number of halogens is 1. The van der Waals surface area contributed by atoms with Gasteiger partial charge in [-0.25, -0.2) is 0 Å². The predicted octanol–water partition coefficient (Wildman–Crippen LogP) is 3.95. The molecular weight excluding hydrogens is 483 g/mol. The Labute approximate surface area is 189 Å². The van der Waals surface area contributed by atoms with E-state index in [2.05, 4.69) is 56.8 Å². The van der Waals surface area contributed by atoms with Crippen LogP contribution < -0.4 is 15.0 Å². The topological polar surface area (TPSA) is 40.1 Å². The van der Waals surface area contributed by atoms with Gasteiger partial charge in [0.25, 0.3) is 0 Å². The molecule has 2 aromatic rings. The van der Waals surface area contributed by atoms with Crippen LogP contribution in [0.1, 0.15) is 11.3 Å². The minimum atomic E-state index is 0. The summed E-state index contributed by atoms with van der Waals surface area (Å²) in [5, 5.41) is 5.70. The van der Waals surface area contributed by atoms with Gasteiger partial charge in [0.1, 0.15) is 5.75 Å². The molecule has 1 unspecified atom stereocenters. The third-order valence-electron chi connectivity index (χ3n) is 5.11. The fourth-order valence-corrected chi connectivity index (χ4v) is 4.27. The molecule has 28 heavy (non-hydrogen) atoms. The van der Waals surface area contributed by atoms with Gasteiger partial charge in [0.2, 0.25) is 0 Å². The van der Waals surface area contributed by atoms with Gasteiger partial charge >= 0.3 is 0 Å². The molecule has 0 amide bonds. The summed E-state index contributed by atoms with van der Waals surface area (Å²) in [4.78, 5) is 10.5. The van der Waals surface area contributed by atoms with Gasteiger partial charge < -0.3 is 19.9 Å². The highest BCUT2D eigenvalue weighted by atomic mass is 127. The van der Waals surface area contributed by atoms with Crippen LogP contribution in [0.3, 0.4) is 0 Å². The van der Waals surface area contributed by atoms with Gasteiger partial charge in [-0.1, -0.05) is 18.2 Å². The predicted molar refractivity (Wildman–Crippen MR) is 131 cm³/mol. The average Bonchev–Trinajstić information content (AvgIpc) is 3.39. The molecule has 1 atom stereocenters. The zero-order chi connectivity index (χ0) is 19.1. The van der Waals surface area contributed by atoms with Crippen LogP contribution in [0.15, 0.2) is 46.8 Å². The molecular formula is C21H31IN4OS. The number of anilines is 1. The van der Waals surface area contributed by atoms with E-state index in [4.69, 9.17) is 4.74 Å². The van der Waals surface area contributed by atoms with E-state index in [1.165, 1.54) is 17.0 Å². The fraction of sp³-hybridized carbons (Fsp3) is 0.476. The Kier molecular flexibility index (Phi) is 9.37. The lowest BCUT2D eigenvalue weighted by atomic mass is 10.1. The molecule has 0 aliphatic carbocycles. The third-order valence-corrected chi connectivity index (χ3v) is 6.04. The maximum Gasteiger partial charge on any atom is 0.193 e. The zero-order valence-corrected chi connectivity index (χ0v) is 20.1. The Morgan fingerprint density at radius 1 is 1.32 bits per heavy atom. The van der Waals surface area contributed by atoms with Crippen molar-refractivity contribution in [3.8, 4) is 5.75 Å².